The number of benzene rings is 4. The first-order valence-electron chi connectivity index (χ1n) is 12.4. The summed E-state index contributed by atoms with van der Waals surface area (Å²) in [5.41, 5.74) is 13.3. The summed E-state index contributed by atoms with van der Waals surface area (Å²) in [6.07, 6.45) is 4.70. The second kappa shape index (κ2) is 9.02. The topological polar surface area (TPSA) is 0 Å². The molecule has 0 aliphatic heterocycles. The van der Waals surface area contributed by atoms with Crippen molar-refractivity contribution in [2.45, 2.75) is 52.4 Å². The molecule has 2 atom stereocenters. The third kappa shape index (κ3) is 4.15. The average Bonchev–Trinajstić information content (AvgIpc) is 3.25. The van der Waals surface area contributed by atoms with Gasteiger partial charge in [-0.25, -0.2) is 0 Å². The molecule has 0 bridgehead atoms. The smallest absolute Gasteiger partial charge is 0.0212 e. The molecule has 1 aliphatic rings. The van der Waals surface area contributed by atoms with Crippen molar-refractivity contribution < 1.29 is 0 Å². The molecule has 0 heteroatoms. The number of hydrogen-bond acceptors (Lipinski definition) is 0. The molecule has 0 amide bonds. The van der Waals surface area contributed by atoms with Gasteiger partial charge in [0.2, 0.25) is 0 Å². The van der Waals surface area contributed by atoms with E-state index in [1.165, 1.54) is 68.5 Å². The highest BCUT2D eigenvalue weighted by Crippen LogP contribution is 2.41. The van der Waals surface area contributed by atoms with Crippen molar-refractivity contribution >= 4 is 0 Å². The number of fused-ring (bicyclic) bond motifs is 3. The van der Waals surface area contributed by atoms with Gasteiger partial charge >= 0.3 is 0 Å². The van der Waals surface area contributed by atoms with Crippen molar-refractivity contribution in [1.82, 2.24) is 0 Å². The molecular formula is C33H33. The standard InChI is InChI=1S/C33H33/c1-5-22(3)24-7-11-26(12-8-24)28-15-17-32-30(19-28)21-31-20-29(16-18-33(31)32)27-13-9-25(10-14-27)23(4)6-2/h7-23H,5-6H2,1-4H3. The van der Waals surface area contributed by atoms with Crippen molar-refractivity contribution in [3.05, 3.63) is 114 Å². The number of hydrogen-bond donors (Lipinski definition) is 0. The first-order chi connectivity index (χ1) is 16.1. The molecule has 0 aromatic heterocycles. The Kier molecular flexibility index (Phi) is 5.94. The van der Waals surface area contributed by atoms with E-state index in [2.05, 4.69) is 119 Å². The molecule has 0 N–H and O–H groups in total. The van der Waals surface area contributed by atoms with Gasteiger partial charge in [0.25, 0.3) is 0 Å². The lowest BCUT2D eigenvalue weighted by atomic mass is 9.94. The van der Waals surface area contributed by atoms with E-state index in [0.717, 1.165) is 0 Å². The Labute approximate surface area is 199 Å². The van der Waals surface area contributed by atoms with Gasteiger partial charge in [0, 0.05) is 6.42 Å². The lowest BCUT2D eigenvalue weighted by Gasteiger charge is -2.11. The largest absolute Gasteiger partial charge is 0.0648 e. The minimum absolute atomic E-state index is 0.613. The van der Waals surface area contributed by atoms with E-state index in [1.807, 2.05) is 0 Å². The van der Waals surface area contributed by atoms with Gasteiger partial charge in [-0.05, 0) is 92.4 Å². The van der Waals surface area contributed by atoms with E-state index >= 15 is 0 Å². The third-order valence-corrected chi connectivity index (χ3v) is 7.56. The summed E-state index contributed by atoms with van der Waals surface area (Å²) in [7, 11) is 0. The van der Waals surface area contributed by atoms with Gasteiger partial charge in [-0.2, -0.15) is 0 Å². The maximum atomic E-state index is 2.35. The lowest BCUT2D eigenvalue weighted by Crippen LogP contribution is -1.90. The van der Waals surface area contributed by atoms with Crippen LogP contribution in [0.5, 0.6) is 0 Å². The summed E-state index contributed by atoms with van der Waals surface area (Å²) in [6, 6.07) is 32.0. The van der Waals surface area contributed by atoms with Crippen LogP contribution in [0.3, 0.4) is 0 Å². The van der Waals surface area contributed by atoms with Crippen LogP contribution in [0.2, 0.25) is 0 Å². The second-order valence-corrected chi connectivity index (χ2v) is 9.61. The van der Waals surface area contributed by atoms with Crippen molar-refractivity contribution in [3.8, 4) is 33.4 Å². The van der Waals surface area contributed by atoms with Crippen molar-refractivity contribution in [2.75, 3.05) is 0 Å². The zero-order valence-corrected chi connectivity index (χ0v) is 20.2. The van der Waals surface area contributed by atoms with E-state index in [0.29, 0.717) is 11.8 Å². The normalized spacial score (nSPS) is 13.9. The Morgan fingerprint density at radius 1 is 0.485 bits per heavy atom. The molecule has 4 aromatic rings. The predicted molar refractivity (Wildman–Crippen MR) is 143 cm³/mol. The monoisotopic (exact) mass is 429 g/mol. The summed E-state index contributed by atoms with van der Waals surface area (Å²) in [4.78, 5) is 0. The summed E-state index contributed by atoms with van der Waals surface area (Å²) >= 11 is 0. The lowest BCUT2D eigenvalue weighted by molar-refractivity contribution is 0.734. The maximum absolute atomic E-state index is 2.35. The van der Waals surface area contributed by atoms with Gasteiger partial charge < -0.3 is 0 Å². The van der Waals surface area contributed by atoms with Crippen molar-refractivity contribution in [2.24, 2.45) is 0 Å². The van der Waals surface area contributed by atoms with Crippen LogP contribution in [0, 0.1) is 6.42 Å². The van der Waals surface area contributed by atoms with Crippen LogP contribution in [-0.4, -0.2) is 0 Å². The minimum atomic E-state index is 0.613. The summed E-state index contributed by atoms with van der Waals surface area (Å²) in [6.45, 7) is 9.09. The predicted octanol–water partition coefficient (Wildman–Crippen LogP) is 9.63. The maximum Gasteiger partial charge on any atom is 0.0212 e. The van der Waals surface area contributed by atoms with E-state index < -0.39 is 0 Å². The zero-order valence-electron chi connectivity index (χ0n) is 20.2. The zero-order chi connectivity index (χ0) is 22.9. The molecule has 165 valence electrons. The Morgan fingerprint density at radius 2 is 0.848 bits per heavy atom. The molecule has 0 saturated carbocycles. The molecule has 0 spiro atoms. The van der Waals surface area contributed by atoms with E-state index in [-0.39, 0.29) is 0 Å². The van der Waals surface area contributed by atoms with Crippen LogP contribution < -0.4 is 0 Å². The van der Waals surface area contributed by atoms with Crippen LogP contribution >= 0.6 is 0 Å². The van der Waals surface area contributed by atoms with Crippen LogP contribution in [0.15, 0.2) is 84.9 Å². The molecule has 33 heavy (non-hydrogen) atoms. The van der Waals surface area contributed by atoms with Gasteiger partial charge in [-0.15, -0.1) is 0 Å². The van der Waals surface area contributed by atoms with Crippen LogP contribution in [-0.2, 0) is 0 Å². The molecule has 0 saturated heterocycles. The van der Waals surface area contributed by atoms with Crippen LogP contribution in [0.4, 0.5) is 0 Å². The molecule has 5 rings (SSSR count). The molecule has 0 heterocycles. The minimum Gasteiger partial charge on any atom is -0.0648 e. The highest BCUT2D eigenvalue weighted by atomic mass is 14.2. The first-order valence-corrected chi connectivity index (χ1v) is 12.4. The highest BCUT2D eigenvalue weighted by Gasteiger charge is 2.20. The van der Waals surface area contributed by atoms with E-state index in [9.17, 15) is 0 Å². The molecule has 0 nitrogen and oxygen atoms in total. The van der Waals surface area contributed by atoms with E-state index in [4.69, 9.17) is 0 Å². The van der Waals surface area contributed by atoms with E-state index in [1.54, 1.807) is 0 Å². The summed E-state index contributed by atoms with van der Waals surface area (Å²) in [5, 5.41) is 0. The highest BCUT2D eigenvalue weighted by molar-refractivity contribution is 5.86. The fourth-order valence-corrected chi connectivity index (χ4v) is 4.86. The Bertz CT molecular complexity index is 1160. The SMILES string of the molecule is CCC(C)c1ccc(-c2ccc3c(c2)[CH]c2cc(-c4ccc(C(C)CC)cc4)ccc2-3)cc1. The fourth-order valence-electron chi connectivity index (χ4n) is 4.86. The van der Waals surface area contributed by atoms with Crippen molar-refractivity contribution in [1.29, 1.82) is 0 Å². The Balaban J connectivity index is 1.40. The molecular weight excluding hydrogens is 396 g/mol. The molecule has 1 aliphatic carbocycles. The fraction of sp³-hybridized carbons (Fsp3) is 0.242. The summed E-state index contributed by atoms with van der Waals surface area (Å²) < 4.78 is 0. The van der Waals surface area contributed by atoms with Gasteiger partial charge in [-0.3, -0.25) is 0 Å². The van der Waals surface area contributed by atoms with Gasteiger partial charge in [0.15, 0.2) is 0 Å². The second-order valence-electron chi connectivity index (χ2n) is 9.61. The van der Waals surface area contributed by atoms with Gasteiger partial charge in [0.05, 0.1) is 0 Å². The van der Waals surface area contributed by atoms with Crippen LogP contribution in [0.25, 0.3) is 33.4 Å². The van der Waals surface area contributed by atoms with Gasteiger partial charge in [0.1, 0.15) is 0 Å². The molecule has 2 unspecified atom stereocenters. The summed E-state index contributed by atoms with van der Waals surface area (Å²) in [5.74, 6) is 1.23. The van der Waals surface area contributed by atoms with Crippen molar-refractivity contribution in [3.63, 3.8) is 0 Å². The molecule has 0 fully saturated rings. The van der Waals surface area contributed by atoms with Gasteiger partial charge in [-0.1, -0.05) is 100 Å². The first kappa shape index (κ1) is 21.7. The average molecular weight is 430 g/mol. The third-order valence-electron chi connectivity index (χ3n) is 7.56. The van der Waals surface area contributed by atoms with Crippen LogP contribution in [0.1, 0.15) is 74.6 Å². The molecule has 4 aromatic carbocycles. The number of rotatable bonds is 6. The quantitative estimate of drug-likeness (QED) is 0.252. The Morgan fingerprint density at radius 3 is 1.21 bits per heavy atom. The molecule has 1 radical (unpaired) electrons. The Hall–Kier alpha value is -3.12.